The fourth-order valence-electron chi connectivity index (χ4n) is 1.89. The first kappa shape index (κ1) is 15.9. The summed E-state index contributed by atoms with van der Waals surface area (Å²) in [6.07, 6.45) is 1.63. The zero-order valence-electron chi connectivity index (χ0n) is 12.5. The van der Waals surface area contributed by atoms with E-state index in [0.29, 0.717) is 24.6 Å². The van der Waals surface area contributed by atoms with Crippen LogP contribution in [0.4, 0.5) is 0 Å². The van der Waals surface area contributed by atoms with Gasteiger partial charge >= 0.3 is 0 Å². The molecule has 0 saturated carbocycles. The van der Waals surface area contributed by atoms with E-state index in [-0.39, 0.29) is 6.61 Å². The van der Waals surface area contributed by atoms with Crippen LogP contribution in [0.2, 0.25) is 0 Å². The van der Waals surface area contributed by atoms with Gasteiger partial charge in [0.2, 0.25) is 0 Å². The molecular formula is C13H25N3O3. The molecule has 0 aliphatic rings. The quantitative estimate of drug-likeness (QED) is 0.754. The summed E-state index contributed by atoms with van der Waals surface area (Å²) in [6.45, 7) is 5.92. The molecule has 6 nitrogen and oxygen atoms in total. The molecule has 0 fully saturated rings. The summed E-state index contributed by atoms with van der Waals surface area (Å²) in [4.78, 5) is 2.06. The van der Waals surface area contributed by atoms with Crippen LogP contribution in [0.25, 0.3) is 0 Å². The van der Waals surface area contributed by atoms with Crippen molar-refractivity contribution >= 4 is 0 Å². The van der Waals surface area contributed by atoms with Crippen molar-refractivity contribution in [3.63, 3.8) is 0 Å². The molecule has 19 heavy (non-hydrogen) atoms. The van der Waals surface area contributed by atoms with Gasteiger partial charge in [-0.1, -0.05) is 0 Å². The summed E-state index contributed by atoms with van der Waals surface area (Å²) >= 11 is 0. The lowest BCUT2D eigenvalue weighted by Gasteiger charge is -2.25. The molecule has 1 unspecified atom stereocenters. The van der Waals surface area contributed by atoms with Gasteiger partial charge in [0.15, 0.2) is 5.75 Å². The number of likely N-dealkylation sites (N-methyl/N-ethyl adjacent to an activating group) is 1. The molecule has 1 atom stereocenters. The van der Waals surface area contributed by atoms with Gasteiger partial charge in [-0.05, 0) is 27.9 Å². The van der Waals surface area contributed by atoms with Crippen LogP contribution >= 0.6 is 0 Å². The van der Waals surface area contributed by atoms with E-state index >= 15 is 0 Å². The van der Waals surface area contributed by atoms with E-state index < -0.39 is 5.60 Å². The highest BCUT2D eigenvalue weighted by Gasteiger charge is 2.32. The van der Waals surface area contributed by atoms with Gasteiger partial charge < -0.3 is 19.5 Å². The predicted molar refractivity (Wildman–Crippen MR) is 73.4 cm³/mol. The Morgan fingerprint density at radius 1 is 1.47 bits per heavy atom. The number of hydrogen-bond acceptors (Lipinski definition) is 5. The zero-order valence-corrected chi connectivity index (χ0v) is 12.5. The minimum absolute atomic E-state index is 0.216. The molecule has 0 aromatic carbocycles. The molecule has 0 aliphatic heterocycles. The summed E-state index contributed by atoms with van der Waals surface area (Å²) in [5.41, 5.74) is -0.463. The summed E-state index contributed by atoms with van der Waals surface area (Å²) in [7, 11) is 5.57. The maximum atomic E-state index is 10.6. The van der Waals surface area contributed by atoms with Gasteiger partial charge in [0.1, 0.15) is 11.3 Å². The van der Waals surface area contributed by atoms with Gasteiger partial charge in [-0.25, -0.2) is 0 Å². The Kier molecular flexibility index (Phi) is 5.78. The SMILES string of the molecule is CCOCC(C)(O)c1c(OC)cnn1CCN(C)C. The van der Waals surface area contributed by atoms with Gasteiger partial charge in [0, 0.05) is 13.2 Å². The Hall–Kier alpha value is -1.11. The van der Waals surface area contributed by atoms with Gasteiger partial charge in [0.05, 0.1) is 26.5 Å². The number of hydrogen-bond donors (Lipinski definition) is 1. The number of aromatic nitrogens is 2. The first-order valence-electron chi connectivity index (χ1n) is 6.47. The molecule has 0 amide bonds. The highest BCUT2D eigenvalue weighted by atomic mass is 16.5. The Morgan fingerprint density at radius 2 is 2.16 bits per heavy atom. The normalized spacial score (nSPS) is 14.7. The molecule has 0 radical (unpaired) electrons. The van der Waals surface area contributed by atoms with Crippen molar-refractivity contribution < 1.29 is 14.6 Å². The smallest absolute Gasteiger partial charge is 0.163 e. The maximum Gasteiger partial charge on any atom is 0.163 e. The van der Waals surface area contributed by atoms with Crippen LogP contribution in [-0.2, 0) is 16.9 Å². The molecule has 1 aromatic rings. The molecule has 0 saturated heterocycles. The van der Waals surface area contributed by atoms with Crippen molar-refractivity contribution in [3.05, 3.63) is 11.9 Å². The van der Waals surface area contributed by atoms with Gasteiger partial charge in [-0.2, -0.15) is 5.10 Å². The molecule has 0 bridgehead atoms. The molecule has 1 aromatic heterocycles. The number of rotatable bonds is 8. The number of aliphatic hydroxyl groups is 1. The van der Waals surface area contributed by atoms with Crippen LogP contribution in [0.1, 0.15) is 19.5 Å². The lowest BCUT2D eigenvalue weighted by Crippen LogP contribution is -2.33. The molecule has 0 aliphatic carbocycles. The third-order valence-corrected chi connectivity index (χ3v) is 2.88. The predicted octanol–water partition coefficient (Wildman–Crippen LogP) is 0.697. The van der Waals surface area contributed by atoms with Crippen LogP contribution in [0.15, 0.2) is 6.20 Å². The molecule has 6 heteroatoms. The summed E-state index contributed by atoms with van der Waals surface area (Å²) in [5.74, 6) is 0.587. The third-order valence-electron chi connectivity index (χ3n) is 2.88. The van der Waals surface area contributed by atoms with E-state index in [1.165, 1.54) is 0 Å². The average molecular weight is 271 g/mol. The van der Waals surface area contributed by atoms with Crippen LogP contribution in [0, 0.1) is 0 Å². The minimum Gasteiger partial charge on any atom is -0.493 e. The third kappa shape index (κ3) is 4.19. The van der Waals surface area contributed by atoms with Crippen LogP contribution in [-0.4, -0.2) is 60.8 Å². The molecule has 110 valence electrons. The second-order valence-electron chi connectivity index (χ2n) is 5.00. The average Bonchev–Trinajstić information content (AvgIpc) is 2.77. The monoisotopic (exact) mass is 271 g/mol. The van der Waals surface area contributed by atoms with Crippen LogP contribution in [0.3, 0.4) is 0 Å². The second kappa shape index (κ2) is 6.88. The summed E-state index contributed by atoms with van der Waals surface area (Å²) < 4.78 is 12.4. The van der Waals surface area contributed by atoms with Gasteiger partial charge in [-0.15, -0.1) is 0 Å². The molecule has 1 N–H and O–H groups in total. The first-order valence-corrected chi connectivity index (χ1v) is 6.47. The largest absolute Gasteiger partial charge is 0.493 e. The topological polar surface area (TPSA) is 59.8 Å². The number of methoxy groups -OCH3 is 1. The number of nitrogens with zero attached hydrogens (tertiary/aromatic N) is 3. The van der Waals surface area contributed by atoms with E-state index in [0.717, 1.165) is 6.54 Å². The Bertz CT molecular complexity index is 388. The second-order valence-corrected chi connectivity index (χ2v) is 5.00. The Balaban J connectivity index is 2.97. The fraction of sp³-hybridized carbons (Fsp3) is 0.769. The van der Waals surface area contributed by atoms with Crippen molar-refractivity contribution in [3.8, 4) is 5.75 Å². The Labute approximate surface area is 114 Å². The van der Waals surface area contributed by atoms with Crippen molar-refractivity contribution in [2.75, 3.05) is 41.0 Å². The van der Waals surface area contributed by atoms with E-state index in [2.05, 4.69) is 10.00 Å². The van der Waals surface area contributed by atoms with E-state index in [9.17, 15) is 5.11 Å². The minimum atomic E-state index is -1.12. The number of ether oxygens (including phenoxy) is 2. The van der Waals surface area contributed by atoms with Crippen molar-refractivity contribution in [2.24, 2.45) is 0 Å². The van der Waals surface area contributed by atoms with Gasteiger partial charge in [0.25, 0.3) is 0 Å². The van der Waals surface area contributed by atoms with Crippen LogP contribution < -0.4 is 4.74 Å². The lowest BCUT2D eigenvalue weighted by molar-refractivity contribution is -0.0415. The highest BCUT2D eigenvalue weighted by Crippen LogP contribution is 2.30. The van der Waals surface area contributed by atoms with E-state index in [4.69, 9.17) is 9.47 Å². The van der Waals surface area contributed by atoms with Crippen molar-refractivity contribution in [1.82, 2.24) is 14.7 Å². The molecule has 0 spiro atoms. The highest BCUT2D eigenvalue weighted by molar-refractivity contribution is 5.30. The van der Waals surface area contributed by atoms with Gasteiger partial charge in [-0.3, -0.25) is 4.68 Å². The summed E-state index contributed by atoms with van der Waals surface area (Å²) in [6, 6.07) is 0. The fourth-order valence-corrected chi connectivity index (χ4v) is 1.89. The van der Waals surface area contributed by atoms with E-state index in [1.807, 2.05) is 21.0 Å². The summed E-state index contributed by atoms with van der Waals surface area (Å²) in [5, 5.41) is 14.9. The van der Waals surface area contributed by atoms with Crippen LogP contribution in [0.5, 0.6) is 5.75 Å². The van der Waals surface area contributed by atoms with Crippen molar-refractivity contribution in [2.45, 2.75) is 26.0 Å². The zero-order chi connectivity index (χ0) is 14.5. The molecule has 1 heterocycles. The first-order chi connectivity index (χ1) is 8.92. The standard InChI is InChI=1S/C13H25N3O3/c1-6-19-10-13(2,17)12-11(18-5)9-14-16(12)8-7-15(3)4/h9,17H,6-8,10H2,1-5H3. The molecular weight excluding hydrogens is 246 g/mol. The molecule has 1 rings (SSSR count). The lowest BCUT2D eigenvalue weighted by atomic mass is 10.0. The maximum absolute atomic E-state index is 10.6. The Morgan fingerprint density at radius 3 is 2.68 bits per heavy atom. The van der Waals surface area contributed by atoms with Crippen molar-refractivity contribution in [1.29, 1.82) is 0 Å². The van der Waals surface area contributed by atoms with E-state index in [1.54, 1.807) is 24.9 Å².